The predicted molar refractivity (Wildman–Crippen MR) is 93.7 cm³/mol. The maximum absolute atomic E-state index is 13.1. The number of esters is 1. The first-order valence-corrected chi connectivity index (χ1v) is 9.87. The molecule has 7 atom stereocenters. The number of aliphatic hydroxyl groups excluding tert-OH is 1. The molecule has 3 fully saturated rings. The molecule has 0 radical (unpaired) electrons. The topological polar surface area (TPSA) is 63.6 Å². The fraction of sp³-hybridized carbons (Fsp3) is 0.810. The number of aliphatic hydroxyl groups is 1. The molecular weight excluding hydrogens is 316 g/mol. The van der Waals surface area contributed by atoms with E-state index in [1.54, 1.807) is 6.08 Å². The van der Waals surface area contributed by atoms with E-state index in [-0.39, 0.29) is 23.1 Å². The molecule has 0 saturated heterocycles. The number of hydrogen-bond acceptors (Lipinski definition) is 4. The number of fused-ring (bicyclic) bond motifs is 5. The molecule has 0 aliphatic heterocycles. The molecule has 4 aliphatic rings. The van der Waals surface area contributed by atoms with Crippen LogP contribution in [-0.2, 0) is 14.3 Å². The molecule has 4 heteroatoms. The lowest BCUT2D eigenvalue weighted by molar-refractivity contribution is -0.157. The van der Waals surface area contributed by atoms with Gasteiger partial charge in [-0.05, 0) is 72.8 Å². The van der Waals surface area contributed by atoms with Gasteiger partial charge in [0.05, 0.1) is 0 Å². The van der Waals surface area contributed by atoms with Gasteiger partial charge in [0.2, 0.25) is 0 Å². The molecule has 4 rings (SSSR count). The van der Waals surface area contributed by atoms with Gasteiger partial charge in [0.15, 0.2) is 5.78 Å². The van der Waals surface area contributed by atoms with Crippen molar-refractivity contribution in [2.24, 2.45) is 28.6 Å². The summed E-state index contributed by atoms with van der Waals surface area (Å²) < 4.78 is 5.31. The van der Waals surface area contributed by atoms with Gasteiger partial charge in [0.25, 0.3) is 0 Å². The van der Waals surface area contributed by atoms with Crippen molar-refractivity contribution in [3.05, 3.63) is 11.6 Å². The molecule has 4 aliphatic carbocycles. The maximum Gasteiger partial charge on any atom is 0.303 e. The quantitative estimate of drug-likeness (QED) is 0.739. The lowest BCUT2D eigenvalue weighted by Gasteiger charge is -2.57. The second-order valence-electron chi connectivity index (χ2n) is 9.37. The van der Waals surface area contributed by atoms with E-state index in [9.17, 15) is 14.7 Å². The van der Waals surface area contributed by atoms with Crippen molar-refractivity contribution in [1.29, 1.82) is 0 Å². The SMILES string of the molecule is CC(=O)O[C@H]1CC[C@]2(C)C(=CC(=O)[C@H]3[C@H]4CCC[C@@]4(C)CC[C@H]32)[C@@H]1O. The van der Waals surface area contributed by atoms with Crippen molar-refractivity contribution in [3.63, 3.8) is 0 Å². The highest BCUT2D eigenvalue weighted by molar-refractivity contribution is 5.94. The fourth-order valence-corrected chi connectivity index (χ4v) is 6.76. The number of carbonyl (C=O) groups is 2. The molecular formula is C21H30O4. The zero-order chi connectivity index (χ0) is 18.0. The molecule has 4 nitrogen and oxygen atoms in total. The number of carbonyl (C=O) groups excluding carboxylic acids is 2. The Morgan fingerprint density at radius 2 is 1.92 bits per heavy atom. The smallest absolute Gasteiger partial charge is 0.303 e. The Balaban J connectivity index is 1.70. The van der Waals surface area contributed by atoms with Crippen LogP contribution >= 0.6 is 0 Å². The van der Waals surface area contributed by atoms with Crippen LogP contribution in [-0.4, -0.2) is 29.1 Å². The predicted octanol–water partition coefficient (Wildman–Crippen LogP) is 3.42. The largest absolute Gasteiger partial charge is 0.459 e. The van der Waals surface area contributed by atoms with Gasteiger partial charge >= 0.3 is 5.97 Å². The standard InChI is InChI=1S/C21H30O4/c1-12(22)25-17-7-10-21(3)14-6-9-20(2)8-4-5-13(20)18(14)16(23)11-15(21)19(17)24/h11,13-14,17-19,24H,4-10H2,1-3H3/t13-,14-,17+,18+,19+,20+,21+/m1/s1. The highest BCUT2D eigenvalue weighted by Gasteiger charge is 2.60. The van der Waals surface area contributed by atoms with Crippen LogP contribution in [0, 0.1) is 28.6 Å². The minimum absolute atomic E-state index is 0.118. The van der Waals surface area contributed by atoms with E-state index in [1.807, 2.05) is 0 Å². The summed E-state index contributed by atoms with van der Waals surface area (Å²) in [6, 6.07) is 0. The van der Waals surface area contributed by atoms with E-state index < -0.39 is 12.2 Å². The highest BCUT2D eigenvalue weighted by atomic mass is 16.6. The van der Waals surface area contributed by atoms with E-state index in [0.717, 1.165) is 18.4 Å². The van der Waals surface area contributed by atoms with Crippen LogP contribution in [0.1, 0.15) is 65.7 Å². The summed E-state index contributed by atoms with van der Waals surface area (Å²) in [4.78, 5) is 24.4. The molecule has 25 heavy (non-hydrogen) atoms. The van der Waals surface area contributed by atoms with Crippen LogP contribution < -0.4 is 0 Å². The summed E-state index contributed by atoms with van der Waals surface area (Å²) in [6.07, 6.45) is 7.85. The average Bonchev–Trinajstić information content (AvgIpc) is 2.94. The summed E-state index contributed by atoms with van der Waals surface area (Å²) in [5.74, 6) is 0.777. The molecule has 0 aromatic carbocycles. The van der Waals surface area contributed by atoms with Gasteiger partial charge < -0.3 is 9.84 Å². The third-order valence-electron chi connectivity index (χ3n) is 8.09. The Labute approximate surface area is 150 Å². The first-order valence-electron chi connectivity index (χ1n) is 9.87. The van der Waals surface area contributed by atoms with Crippen molar-refractivity contribution in [2.75, 3.05) is 0 Å². The summed E-state index contributed by atoms with van der Waals surface area (Å²) in [6.45, 7) is 5.98. The van der Waals surface area contributed by atoms with Gasteiger partial charge in [-0.15, -0.1) is 0 Å². The summed E-state index contributed by atoms with van der Waals surface area (Å²) in [7, 11) is 0. The van der Waals surface area contributed by atoms with Crippen molar-refractivity contribution in [1.82, 2.24) is 0 Å². The van der Waals surface area contributed by atoms with E-state index in [4.69, 9.17) is 4.74 Å². The Morgan fingerprint density at radius 3 is 2.64 bits per heavy atom. The number of ether oxygens (including phenoxy) is 1. The Hall–Kier alpha value is -1.16. The molecule has 0 aromatic heterocycles. The van der Waals surface area contributed by atoms with E-state index in [2.05, 4.69) is 13.8 Å². The van der Waals surface area contributed by atoms with Crippen LogP contribution in [0.3, 0.4) is 0 Å². The van der Waals surface area contributed by atoms with Crippen LogP contribution in [0.5, 0.6) is 0 Å². The van der Waals surface area contributed by atoms with Crippen LogP contribution in [0.2, 0.25) is 0 Å². The number of hydrogen-bond donors (Lipinski definition) is 1. The minimum atomic E-state index is -0.843. The van der Waals surface area contributed by atoms with Crippen molar-refractivity contribution in [3.8, 4) is 0 Å². The van der Waals surface area contributed by atoms with Crippen molar-refractivity contribution >= 4 is 11.8 Å². The Bertz CT molecular complexity index is 638. The summed E-state index contributed by atoms with van der Waals surface area (Å²) in [5.41, 5.74) is 1.00. The van der Waals surface area contributed by atoms with Crippen LogP contribution in [0.4, 0.5) is 0 Å². The Morgan fingerprint density at radius 1 is 1.16 bits per heavy atom. The fourth-order valence-electron chi connectivity index (χ4n) is 6.76. The molecule has 0 amide bonds. The molecule has 3 saturated carbocycles. The molecule has 0 bridgehead atoms. The zero-order valence-corrected chi connectivity index (χ0v) is 15.6. The lowest BCUT2D eigenvalue weighted by atomic mass is 9.47. The number of allylic oxidation sites excluding steroid dienone is 1. The first-order chi connectivity index (χ1) is 11.8. The zero-order valence-electron chi connectivity index (χ0n) is 15.6. The van der Waals surface area contributed by atoms with Crippen molar-refractivity contribution in [2.45, 2.75) is 77.9 Å². The molecule has 1 N–H and O–H groups in total. The lowest BCUT2D eigenvalue weighted by Crippen LogP contribution is -2.56. The molecule has 0 heterocycles. The second kappa shape index (κ2) is 5.67. The van der Waals surface area contributed by atoms with Gasteiger partial charge in [-0.1, -0.05) is 20.3 Å². The minimum Gasteiger partial charge on any atom is -0.459 e. The number of ketones is 1. The molecule has 0 spiro atoms. The maximum atomic E-state index is 13.1. The summed E-state index contributed by atoms with van der Waals surface area (Å²) >= 11 is 0. The van der Waals surface area contributed by atoms with Crippen LogP contribution in [0.15, 0.2) is 11.6 Å². The third kappa shape index (κ3) is 2.43. The molecule has 138 valence electrons. The monoisotopic (exact) mass is 346 g/mol. The van der Waals surface area contributed by atoms with Gasteiger partial charge in [0, 0.05) is 12.8 Å². The van der Waals surface area contributed by atoms with Gasteiger partial charge in [0.1, 0.15) is 12.2 Å². The van der Waals surface area contributed by atoms with Gasteiger partial charge in [-0.25, -0.2) is 0 Å². The number of rotatable bonds is 1. The molecule has 0 unspecified atom stereocenters. The van der Waals surface area contributed by atoms with E-state index >= 15 is 0 Å². The van der Waals surface area contributed by atoms with Gasteiger partial charge in [-0.2, -0.15) is 0 Å². The second-order valence-corrected chi connectivity index (χ2v) is 9.37. The van der Waals surface area contributed by atoms with Crippen molar-refractivity contribution < 1.29 is 19.4 Å². The Kier molecular flexibility index (Phi) is 3.91. The highest BCUT2D eigenvalue weighted by Crippen LogP contribution is 2.64. The van der Waals surface area contributed by atoms with Gasteiger partial charge in [-0.3, -0.25) is 9.59 Å². The normalized spacial score (nSPS) is 48.9. The van der Waals surface area contributed by atoms with E-state index in [0.29, 0.717) is 23.7 Å². The molecule has 0 aromatic rings. The summed E-state index contributed by atoms with van der Waals surface area (Å²) in [5, 5.41) is 10.8. The van der Waals surface area contributed by atoms with Crippen LogP contribution in [0.25, 0.3) is 0 Å². The first kappa shape index (κ1) is 17.3. The third-order valence-corrected chi connectivity index (χ3v) is 8.09. The average molecular weight is 346 g/mol. The van der Waals surface area contributed by atoms with E-state index in [1.165, 1.54) is 32.6 Å².